The van der Waals surface area contributed by atoms with Crippen molar-refractivity contribution in [2.24, 2.45) is 0 Å². The molecule has 0 aliphatic carbocycles. The first-order valence-electron chi connectivity index (χ1n) is 6.68. The second-order valence-corrected chi connectivity index (χ2v) is 4.73. The summed E-state index contributed by atoms with van der Waals surface area (Å²) in [5.74, 6) is 0.388. The molecule has 0 fully saturated rings. The number of esters is 1. The van der Waals surface area contributed by atoms with E-state index in [0.717, 1.165) is 22.8 Å². The Morgan fingerprint density at radius 2 is 2.10 bits per heavy atom. The molecule has 2 aromatic rings. The van der Waals surface area contributed by atoms with Crippen LogP contribution in [0.3, 0.4) is 0 Å². The lowest BCUT2D eigenvalue weighted by Crippen LogP contribution is -2.05. The molecule has 1 aromatic carbocycles. The zero-order chi connectivity index (χ0) is 15.2. The molecular formula is C17H18N2O2. The van der Waals surface area contributed by atoms with E-state index in [1.807, 2.05) is 30.3 Å². The molecule has 0 spiro atoms. The number of benzene rings is 1. The van der Waals surface area contributed by atoms with Gasteiger partial charge in [0.1, 0.15) is 12.4 Å². The van der Waals surface area contributed by atoms with Crippen LogP contribution in [0.15, 0.2) is 55.1 Å². The van der Waals surface area contributed by atoms with Gasteiger partial charge in [0.15, 0.2) is 0 Å². The van der Waals surface area contributed by atoms with E-state index in [4.69, 9.17) is 4.74 Å². The maximum Gasteiger partial charge on any atom is 0.333 e. The molecule has 0 radical (unpaired) electrons. The Bertz CT molecular complexity index is 657. The van der Waals surface area contributed by atoms with Gasteiger partial charge in [-0.05, 0) is 6.92 Å². The van der Waals surface area contributed by atoms with Gasteiger partial charge in [-0.1, -0.05) is 43.0 Å². The Morgan fingerprint density at radius 1 is 1.38 bits per heavy atom. The average molecular weight is 282 g/mol. The fraction of sp³-hybridized carbons (Fsp3) is 0.176. The predicted octanol–water partition coefficient (Wildman–Crippen LogP) is 3.42. The smallest absolute Gasteiger partial charge is 0.333 e. The van der Waals surface area contributed by atoms with Crippen LogP contribution in [-0.4, -0.2) is 15.9 Å². The summed E-state index contributed by atoms with van der Waals surface area (Å²) >= 11 is 0. The lowest BCUT2D eigenvalue weighted by atomic mass is 10.1. The SMILES string of the molecule is C=CCc1nc(-c2ccccc2)c(COC(=O)C(=C)C)[nH]1. The van der Waals surface area contributed by atoms with Crippen molar-refractivity contribution in [3.05, 3.63) is 66.7 Å². The lowest BCUT2D eigenvalue weighted by Gasteiger charge is -2.05. The maximum absolute atomic E-state index is 11.5. The second kappa shape index (κ2) is 6.70. The van der Waals surface area contributed by atoms with Crippen molar-refractivity contribution >= 4 is 5.97 Å². The third-order valence-corrected chi connectivity index (χ3v) is 2.91. The number of carbonyl (C=O) groups excluding carboxylic acids is 1. The number of imidazole rings is 1. The summed E-state index contributed by atoms with van der Waals surface area (Å²) in [5.41, 5.74) is 2.92. The minimum atomic E-state index is -0.408. The Balaban J connectivity index is 2.28. The van der Waals surface area contributed by atoms with Gasteiger partial charge in [0, 0.05) is 17.6 Å². The van der Waals surface area contributed by atoms with Crippen LogP contribution >= 0.6 is 0 Å². The Kier molecular flexibility index (Phi) is 4.72. The number of rotatable bonds is 6. The Hall–Kier alpha value is -2.62. The van der Waals surface area contributed by atoms with Gasteiger partial charge in [0.2, 0.25) is 0 Å². The van der Waals surface area contributed by atoms with Crippen LogP contribution in [0, 0.1) is 0 Å². The number of nitrogens with one attached hydrogen (secondary N) is 1. The molecule has 4 heteroatoms. The van der Waals surface area contributed by atoms with Gasteiger partial charge in [0.25, 0.3) is 0 Å². The largest absolute Gasteiger partial charge is 0.456 e. The van der Waals surface area contributed by atoms with Gasteiger partial charge in [-0.3, -0.25) is 0 Å². The van der Waals surface area contributed by atoms with Crippen molar-refractivity contribution in [2.75, 3.05) is 0 Å². The van der Waals surface area contributed by atoms with Crippen molar-refractivity contribution in [1.82, 2.24) is 9.97 Å². The molecule has 1 aromatic heterocycles. The van der Waals surface area contributed by atoms with E-state index in [9.17, 15) is 4.79 Å². The van der Waals surface area contributed by atoms with Crippen LogP contribution in [0.2, 0.25) is 0 Å². The van der Waals surface area contributed by atoms with E-state index >= 15 is 0 Å². The summed E-state index contributed by atoms with van der Waals surface area (Å²) < 4.78 is 5.21. The first-order valence-corrected chi connectivity index (χ1v) is 6.68. The van der Waals surface area contributed by atoms with Crippen LogP contribution in [0.1, 0.15) is 18.4 Å². The fourth-order valence-corrected chi connectivity index (χ4v) is 1.90. The number of nitrogens with zero attached hydrogens (tertiary/aromatic N) is 1. The summed E-state index contributed by atoms with van der Waals surface area (Å²) in [7, 11) is 0. The fourth-order valence-electron chi connectivity index (χ4n) is 1.90. The van der Waals surface area contributed by atoms with Crippen LogP contribution < -0.4 is 0 Å². The van der Waals surface area contributed by atoms with Gasteiger partial charge in [-0.2, -0.15) is 0 Å². The van der Waals surface area contributed by atoms with Crippen LogP contribution in [-0.2, 0) is 22.6 Å². The molecule has 4 nitrogen and oxygen atoms in total. The molecule has 108 valence electrons. The summed E-state index contributed by atoms with van der Waals surface area (Å²) in [4.78, 5) is 19.3. The molecule has 0 bridgehead atoms. The standard InChI is InChI=1S/C17H18N2O2/c1-4-8-15-18-14(11-21-17(20)12(2)3)16(19-15)13-9-6-5-7-10-13/h4-7,9-10H,1-2,8,11H2,3H3,(H,18,19). The minimum Gasteiger partial charge on any atom is -0.456 e. The average Bonchev–Trinajstić information content (AvgIpc) is 2.89. The van der Waals surface area contributed by atoms with E-state index in [2.05, 4.69) is 23.1 Å². The van der Waals surface area contributed by atoms with Crippen molar-refractivity contribution in [3.8, 4) is 11.3 Å². The van der Waals surface area contributed by atoms with Crippen molar-refractivity contribution in [3.63, 3.8) is 0 Å². The van der Waals surface area contributed by atoms with Crippen molar-refractivity contribution in [2.45, 2.75) is 20.0 Å². The molecule has 1 N–H and O–H groups in total. The highest BCUT2D eigenvalue weighted by Crippen LogP contribution is 2.22. The maximum atomic E-state index is 11.5. The van der Waals surface area contributed by atoms with Crippen molar-refractivity contribution in [1.29, 1.82) is 0 Å². The van der Waals surface area contributed by atoms with Gasteiger partial charge in [-0.15, -0.1) is 6.58 Å². The Labute approximate surface area is 124 Å². The lowest BCUT2D eigenvalue weighted by molar-refractivity contribution is -0.140. The highest BCUT2D eigenvalue weighted by Gasteiger charge is 2.13. The number of carbonyl (C=O) groups is 1. The zero-order valence-electron chi connectivity index (χ0n) is 12.1. The van der Waals surface area contributed by atoms with Gasteiger partial charge in [-0.25, -0.2) is 9.78 Å². The van der Waals surface area contributed by atoms with Gasteiger partial charge in [0.05, 0.1) is 11.4 Å². The first kappa shape index (κ1) is 14.8. The number of aromatic nitrogens is 2. The molecule has 2 rings (SSSR count). The Morgan fingerprint density at radius 3 is 2.71 bits per heavy atom. The van der Waals surface area contributed by atoms with E-state index in [1.165, 1.54) is 0 Å². The second-order valence-electron chi connectivity index (χ2n) is 4.73. The molecule has 21 heavy (non-hydrogen) atoms. The predicted molar refractivity (Wildman–Crippen MR) is 82.5 cm³/mol. The van der Waals surface area contributed by atoms with Crippen LogP contribution in [0.25, 0.3) is 11.3 Å². The normalized spacial score (nSPS) is 10.1. The van der Waals surface area contributed by atoms with E-state index in [-0.39, 0.29) is 6.61 Å². The molecule has 0 amide bonds. The van der Waals surface area contributed by atoms with E-state index in [0.29, 0.717) is 12.0 Å². The minimum absolute atomic E-state index is 0.139. The number of hydrogen-bond donors (Lipinski definition) is 1. The third-order valence-electron chi connectivity index (χ3n) is 2.91. The van der Waals surface area contributed by atoms with Gasteiger partial charge >= 0.3 is 5.97 Å². The molecular weight excluding hydrogens is 264 g/mol. The monoisotopic (exact) mass is 282 g/mol. The summed E-state index contributed by atoms with van der Waals surface area (Å²) in [6, 6.07) is 9.78. The quantitative estimate of drug-likeness (QED) is 0.502. The number of aromatic amines is 1. The molecule has 0 aliphatic heterocycles. The molecule has 0 atom stereocenters. The van der Waals surface area contributed by atoms with Crippen LogP contribution in [0.4, 0.5) is 0 Å². The highest BCUT2D eigenvalue weighted by atomic mass is 16.5. The van der Waals surface area contributed by atoms with E-state index in [1.54, 1.807) is 13.0 Å². The molecule has 1 heterocycles. The summed E-state index contributed by atoms with van der Waals surface area (Å²) in [6.07, 6.45) is 2.41. The topological polar surface area (TPSA) is 55.0 Å². The summed E-state index contributed by atoms with van der Waals surface area (Å²) in [6.45, 7) is 9.04. The van der Waals surface area contributed by atoms with Gasteiger partial charge < -0.3 is 9.72 Å². The van der Waals surface area contributed by atoms with Crippen LogP contribution in [0.5, 0.6) is 0 Å². The molecule has 0 saturated heterocycles. The molecule has 0 aliphatic rings. The number of hydrogen-bond acceptors (Lipinski definition) is 3. The number of ether oxygens (including phenoxy) is 1. The first-order chi connectivity index (χ1) is 10.1. The molecule has 0 unspecified atom stereocenters. The van der Waals surface area contributed by atoms with E-state index < -0.39 is 5.97 Å². The highest BCUT2D eigenvalue weighted by molar-refractivity contribution is 5.86. The summed E-state index contributed by atoms with van der Waals surface area (Å²) in [5, 5.41) is 0. The zero-order valence-corrected chi connectivity index (χ0v) is 12.1. The number of H-pyrrole nitrogens is 1. The van der Waals surface area contributed by atoms with Crippen molar-refractivity contribution < 1.29 is 9.53 Å². The molecule has 0 saturated carbocycles. The third kappa shape index (κ3) is 3.69. The number of allylic oxidation sites excluding steroid dienone is 1.